The maximum absolute atomic E-state index is 13.2. The van der Waals surface area contributed by atoms with Crippen molar-refractivity contribution >= 4 is 23.9 Å². The molecular formula is C63H106O12. The van der Waals surface area contributed by atoms with E-state index >= 15 is 0 Å². The molecule has 1 aliphatic heterocycles. The molecule has 0 aliphatic carbocycles. The first kappa shape index (κ1) is 69.2. The molecule has 0 aromatic heterocycles. The fraction of sp³-hybridized carbons (Fsp3) is 0.746. The van der Waals surface area contributed by atoms with Gasteiger partial charge in [-0.1, -0.05) is 203 Å². The molecule has 75 heavy (non-hydrogen) atoms. The van der Waals surface area contributed by atoms with Gasteiger partial charge < -0.3 is 39.0 Å². The van der Waals surface area contributed by atoms with Crippen molar-refractivity contribution in [2.24, 2.45) is 0 Å². The SMILES string of the molecule is CC/C=C\C/C=C\C/C=C\C/C=C\CCCCCCC(=O)OCC(COC1OC(C(=O)O)C(O)C(O)C1OC(=O)CCCCCCC/C=C\CCCC)OC(=O)CCCCCCCCC/C=C\CCCCCCCC. The van der Waals surface area contributed by atoms with Gasteiger partial charge in [0.25, 0.3) is 0 Å². The van der Waals surface area contributed by atoms with Gasteiger partial charge in [0.2, 0.25) is 0 Å². The van der Waals surface area contributed by atoms with Crippen LogP contribution in [0.2, 0.25) is 0 Å². The molecule has 430 valence electrons. The van der Waals surface area contributed by atoms with E-state index in [2.05, 4.69) is 93.7 Å². The first-order chi connectivity index (χ1) is 36.6. The molecule has 1 aliphatic rings. The lowest BCUT2D eigenvalue weighted by molar-refractivity contribution is -0.301. The minimum absolute atomic E-state index is 0.0454. The molecule has 0 saturated carbocycles. The molecule has 3 N–H and O–H groups in total. The summed E-state index contributed by atoms with van der Waals surface area (Å²) in [6, 6.07) is 0. The fourth-order valence-corrected chi connectivity index (χ4v) is 8.63. The lowest BCUT2D eigenvalue weighted by Gasteiger charge is -2.40. The number of rotatable bonds is 50. The Kier molecular flexibility index (Phi) is 47.0. The Morgan fingerprint density at radius 3 is 1.33 bits per heavy atom. The summed E-state index contributed by atoms with van der Waals surface area (Å²) in [7, 11) is 0. The van der Waals surface area contributed by atoms with Gasteiger partial charge >= 0.3 is 23.9 Å². The zero-order chi connectivity index (χ0) is 54.7. The van der Waals surface area contributed by atoms with Crippen LogP contribution in [0.5, 0.6) is 0 Å². The number of carboxylic acid groups (broad SMARTS) is 1. The van der Waals surface area contributed by atoms with Gasteiger partial charge in [-0.2, -0.15) is 0 Å². The summed E-state index contributed by atoms with van der Waals surface area (Å²) < 4.78 is 28.4. The van der Waals surface area contributed by atoms with Crippen molar-refractivity contribution < 1.29 is 58.2 Å². The number of aliphatic carboxylic acids is 1. The van der Waals surface area contributed by atoms with Crippen molar-refractivity contribution in [3.8, 4) is 0 Å². The van der Waals surface area contributed by atoms with E-state index in [0.717, 1.165) is 122 Å². The number of esters is 3. The van der Waals surface area contributed by atoms with E-state index in [9.17, 15) is 34.5 Å². The first-order valence-corrected chi connectivity index (χ1v) is 29.9. The van der Waals surface area contributed by atoms with Crippen LogP contribution >= 0.6 is 0 Å². The number of carboxylic acids is 1. The average molecular weight is 1060 g/mol. The van der Waals surface area contributed by atoms with Crippen molar-refractivity contribution in [1.29, 1.82) is 0 Å². The third-order valence-corrected chi connectivity index (χ3v) is 13.2. The summed E-state index contributed by atoms with van der Waals surface area (Å²) in [5.41, 5.74) is 0. The van der Waals surface area contributed by atoms with Gasteiger partial charge in [-0.3, -0.25) is 14.4 Å². The van der Waals surface area contributed by atoms with Crippen LogP contribution in [0.15, 0.2) is 72.9 Å². The number of ether oxygens (including phenoxy) is 5. The van der Waals surface area contributed by atoms with Gasteiger partial charge in [0.1, 0.15) is 18.8 Å². The summed E-state index contributed by atoms with van der Waals surface area (Å²) in [6.07, 6.45) is 51.6. The number of carbonyl (C=O) groups is 4. The van der Waals surface area contributed by atoms with E-state index in [1.165, 1.54) is 70.6 Å². The number of carbonyl (C=O) groups excluding carboxylic acids is 3. The maximum atomic E-state index is 13.2. The highest BCUT2D eigenvalue weighted by Crippen LogP contribution is 2.26. The predicted molar refractivity (Wildman–Crippen MR) is 303 cm³/mol. The Morgan fingerprint density at radius 1 is 0.453 bits per heavy atom. The Hall–Kier alpha value is -3.84. The largest absolute Gasteiger partial charge is 0.479 e. The molecule has 0 bridgehead atoms. The zero-order valence-electron chi connectivity index (χ0n) is 47.3. The number of unbranched alkanes of at least 4 members (excludes halogenated alkanes) is 24. The molecule has 0 amide bonds. The molecule has 0 radical (unpaired) electrons. The Labute approximate surface area is 455 Å². The molecule has 6 unspecified atom stereocenters. The Bertz CT molecular complexity index is 1580. The van der Waals surface area contributed by atoms with E-state index < -0.39 is 67.3 Å². The van der Waals surface area contributed by atoms with Crippen LogP contribution in [0.25, 0.3) is 0 Å². The molecule has 1 heterocycles. The number of aliphatic hydroxyl groups is 2. The van der Waals surface area contributed by atoms with Crippen LogP contribution in [-0.4, -0.2) is 89.2 Å². The molecule has 0 aromatic rings. The zero-order valence-corrected chi connectivity index (χ0v) is 47.3. The highest BCUT2D eigenvalue weighted by molar-refractivity contribution is 5.74. The van der Waals surface area contributed by atoms with E-state index in [-0.39, 0.29) is 25.9 Å². The van der Waals surface area contributed by atoms with Gasteiger partial charge in [0, 0.05) is 19.3 Å². The number of hydrogen-bond donors (Lipinski definition) is 3. The van der Waals surface area contributed by atoms with Crippen molar-refractivity contribution in [2.75, 3.05) is 13.2 Å². The third kappa shape index (κ3) is 41.0. The second-order valence-corrected chi connectivity index (χ2v) is 20.2. The number of allylic oxidation sites excluding steroid dienone is 12. The van der Waals surface area contributed by atoms with Gasteiger partial charge in [0.15, 0.2) is 24.6 Å². The van der Waals surface area contributed by atoms with Crippen molar-refractivity contribution in [1.82, 2.24) is 0 Å². The normalized spacial score (nSPS) is 18.7. The lowest BCUT2D eigenvalue weighted by Crippen LogP contribution is -2.61. The summed E-state index contributed by atoms with van der Waals surface area (Å²) in [4.78, 5) is 51.1. The first-order valence-electron chi connectivity index (χ1n) is 29.9. The van der Waals surface area contributed by atoms with Crippen molar-refractivity contribution in [3.05, 3.63) is 72.9 Å². The molecule has 1 rings (SSSR count). The summed E-state index contributed by atoms with van der Waals surface area (Å²) in [5, 5.41) is 31.4. The van der Waals surface area contributed by atoms with Crippen LogP contribution in [0.1, 0.15) is 252 Å². The van der Waals surface area contributed by atoms with Crippen LogP contribution in [0.3, 0.4) is 0 Å². The Balaban J connectivity index is 2.70. The van der Waals surface area contributed by atoms with Gasteiger partial charge in [-0.15, -0.1) is 0 Å². The summed E-state index contributed by atoms with van der Waals surface area (Å²) in [6.45, 7) is 5.81. The monoisotopic (exact) mass is 1050 g/mol. The third-order valence-electron chi connectivity index (χ3n) is 13.2. The molecule has 0 aromatic carbocycles. The lowest BCUT2D eigenvalue weighted by atomic mass is 9.98. The highest BCUT2D eigenvalue weighted by Gasteiger charge is 2.50. The minimum Gasteiger partial charge on any atom is -0.479 e. The van der Waals surface area contributed by atoms with Gasteiger partial charge in [-0.25, -0.2) is 4.79 Å². The molecule has 1 saturated heterocycles. The smallest absolute Gasteiger partial charge is 0.335 e. The van der Waals surface area contributed by atoms with E-state index in [1.54, 1.807) is 0 Å². The van der Waals surface area contributed by atoms with Gasteiger partial charge in [0.05, 0.1) is 6.61 Å². The Morgan fingerprint density at radius 2 is 0.853 bits per heavy atom. The fourth-order valence-electron chi connectivity index (χ4n) is 8.63. The topological polar surface area (TPSA) is 175 Å². The van der Waals surface area contributed by atoms with Crippen LogP contribution in [0.4, 0.5) is 0 Å². The van der Waals surface area contributed by atoms with Crippen LogP contribution in [0, 0.1) is 0 Å². The predicted octanol–water partition coefficient (Wildman–Crippen LogP) is 15.3. The molecule has 12 heteroatoms. The standard InChI is InChI=1S/C63H106O12/c1-4-7-10-13-16-19-22-24-26-28-30-32-35-37-40-43-46-49-55(64)71-52-54(73-56(65)50-47-44-41-39-36-33-31-29-27-25-23-20-17-14-11-8-5-2)53-72-63-61(59(68)58(67)60(75-63)62(69)70)74-57(66)51-48-45-42-38-34-21-18-15-12-9-6-3/h7,10,15-16,18-19,24-27,30,32,54,58-61,63,67-68H,4-6,8-9,11-14,17,20-23,28-29,31,33-53H2,1-3H3,(H,69,70)/b10-7-,18-15-,19-16-,26-24-,27-25-,32-30-. The highest BCUT2D eigenvalue weighted by atomic mass is 16.7. The molecular weight excluding hydrogens is 949 g/mol. The number of aliphatic hydroxyl groups excluding tert-OH is 2. The average Bonchev–Trinajstić information content (AvgIpc) is 3.39. The quantitative estimate of drug-likeness (QED) is 0.0228. The molecule has 0 spiro atoms. The van der Waals surface area contributed by atoms with E-state index in [0.29, 0.717) is 19.3 Å². The molecule has 1 fully saturated rings. The minimum atomic E-state index is -1.91. The van der Waals surface area contributed by atoms with Crippen molar-refractivity contribution in [3.63, 3.8) is 0 Å². The van der Waals surface area contributed by atoms with Gasteiger partial charge in [-0.05, 0) is 103 Å². The summed E-state index contributed by atoms with van der Waals surface area (Å²) >= 11 is 0. The van der Waals surface area contributed by atoms with Crippen LogP contribution < -0.4 is 0 Å². The van der Waals surface area contributed by atoms with Crippen molar-refractivity contribution in [2.45, 2.75) is 289 Å². The molecule has 12 nitrogen and oxygen atoms in total. The summed E-state index contributed by atoms with van der Waals surface area (Å²) in [5.74, 6) is -3.16. The van der Waals surface area contributed by atoms with E-state index in [4.69, 9.17) is 23.7 Å². The van der Waals surface area contributed by atoms with Crippen LogP contribution in [-0.2, 0) is 42.9 Å². The number of hydrogen-bond acceptors (Lipinski definition) is 11. The maximum Gasteiger partial charge on any atom is 0.335 e. The van der Waals surface area contributed by atoms with E-state index in [1.807, 2.05) is 0 Å². The molecule has 6 atom stereocenters. The second kappa shape index (κ2) is 50.9. The second-order valence-electron chi connectivity index (χ2n) is 20.2.